The van der Waals surface area contributed by atoms with E-state index in [4.69, 9.17) is 4.74 Å². The van der Waals surface area contributed by atoms with Crippen molar-refractivity contribution in [2.75, 3.05) is 7.11 Å². The Morgan fingerprint density at radius 1 is 0.806 bits per heavy atom. The zero-order valence-electron chi connectivity index (χ0n) is 18.8. The van der Waals surface area contributed by atoms with Gasteiger partial charge in [0.15, 0.2) is 0 Å². The van der Waals surface area contributed by atoms with Gasteiger partial charge < -0.3 is 9.30 Å². The van der Waals surface area contributed by atoms with E-state index in [1.54, 1.807) is 7.11 Å². The number of unbranched alkanes of at least 4 members (excludes halogenated alkanes) is 1. The van der Waals surface area contributed by atoms with Gasteiger partial charge in [0, 0.05) is 12.8 Å². The molecule has 0 saturated carbocycles. The molecule has 2 nitrogen and oxygen atoms in total. The van der Waals surface area contributed by atoms with Gasteiger partial charge in [-0.1, -0.05) is 85.6 Å². The van der Waals surface area contributed by atoms with Crippen LogP contribution in [0.2, 0.25) is 0 Å². The SMILES string of the molecule is CCCCc1cc(-c2ccc(COC)cc2)n(-c2ccccc2)c1-c1ccc(C)cc1. The maximum Gasteiger partial charge on any atom is 0.0713 e. The van der Waals surface area contributed by atoms with E-state index in [1.807, 2.05) is 0 Å². The maximum absolute atomic E-state index is 5.30. The lowest BCUT2D eigenvalue weighted by Gasteiger charge is -2.16. The second-order valence-corrected chi connectivity index (χ2v) is 8.17. The standard InChI is InChI=1S/C29H31NO/c1-4-5-9-26-20-28(24-18-14-23(15-19-24)21-31-3)30(27-10-7-6-8-11-27)29(26)25-16-12-22(2)13-17-25/h6-8,10-20H,4-5,9,21H2,1-3H3. The molecule has 4 aromatic rings. The van der Waals surface area contributed by atoms with Crippen LogP contribution in [-0.4, -0.2) is 11.7 Å². The van der Waals surface area contributed by atoms with E-state index in [0.29, 0.717) is 6.61 Å². The number of rotatable bonds is 8. The number of hydrogen-bond donors (Lipinski definition) is 0. The first-order valence-electron chi connectivity index (χ1n) is 11.2. The van der Waals surface area contributed by atoms with Gasteiger partial charge in [-0.3, -0.25) is 0 Å². The Balaban J connectivity index is 1.94. The number of nitrogens with zero attached hydrogens (tertiary/aromatic N) is 1. The van der Waals surface area contributed by atoms with E-state index in [0.717, 1.165) is 6.42 Å². The topological polar surface area (TPSA) is 14.2 Å². The first-order chi connectivity index (χ1) is 15.2. The van der Waals surface area contributed by atoms with Crippen molar-refractivity contribution in [2.24, 2.45) is 0 Å². The van der Waals surface area contributed by atoms with Crippen LogP contribution in [0.1, 0.15) is 36.5 Å². The summed E-state index contributed by atoms with van der Waals surface area (Å²) >= 11 is 0. The van der Waals surface area contributed by atoms with Gasteiger partial charge in [0.1, 0.15) is 0 Å². The molecule has 0 aliphatic rings. The zero-order valence-corrected chi connectivity index (χ0v) is 18.8. The average molecular weight is 410 g/mol. The fraction of sp³-hybridized carbons (Fsp3) is 0.241. The smallest absolute Gasteiger partial charge is 0.0713 e. The van der Waals surface area contributed by atoms with Crippen molar-refractivity contribution in [3.8, 4) is 28.2 Å². The van der Waals surface area contributed by atoms with Crippen molar-refractivity contribution in [1.82, 2.24) is 4.57 Å². The largest absolute Gasteiger partial charge is 0.380 e. The summed E-state index contributed by atoms with van der Waals surface area (Å²) in [4.78, 5) is 0. The number of benzene rings is 3. The van der Waals surface area contributed by atoms with E-state index in [9.17, 15) is 0 Å². The molecule has 0 fully saturated rings. The quantitative estimate of drug-likeness (QED) is 0.292. The van der Waals surface area contributed by atoms with Gasteiger partial charge in [-0.2, -0.15) is 0 Å². The van der Waals surface area contributed by atoms with Gasteiger partial charge in [-0.25, -0.2) is 0 Å². The molecule has 1 aromatic heterocycles. The highest BCUT2D eigenvalue weighted by atomic mass is 16.5. The molecule has 0 aliphatic carbocycles. The lowest BCUT2D eigenvalue weighted by Crippen LogP contribution is -2.01. The van der Waals surface area contributed by atoms with Crippen molar-refractivity contribution >= 4 is 0 Å². The van der Waals surface area contributed by atoms with Gasteiger partial charge >= 0.3 is 0 Å². The lowest BCUT2D eigenvalue weighted by atomic mass is 10.0. The molecular weight excluding hydrogens is 378 g/mol. The van der Waals surface area contributed by atoms with Crippen molar-refractivity contribution in [3.05, 3.63) is 102 Å². The van der Waals surface area contributed by atoms with Crippen LogP contribution in [0.3, 0.4) is 0 Å². The molecule has 3 aromatic carbocycles. The van der Waals surface area contributed by atoms with Crippen LogP contribution in [0.15, 0.2) is 84.9 Å². The van der Waals surface area contributed by atoms with Gasteiger partial charge in [0.2, 0.25) is 0 Å². The van der Waals surface area contributed by atoms with Crippen LogP contribution in [-0.2, 0) is 17.8 Å². The number of aromatic nitrogens is 1. The average Bonchev–Trinajstić information content (AvgIpc) is 3.19. The third-order valence-corrected chi connectivity index (χ3v) is 5.78. The number of hydrogen-bond acceptors (Lipinski definition) is 1. The minimum absolute atomic E-state index is 0.635. The molecule has 31 heavy (non-hydrogen) atoms. The molecule has 0 aliphatic heterocycles. The molecule has 2 heteroatoms. The molecule has 0 spiro atoms. The third-order valence-electron chi connectivity index (χ3n) is 5.78. The monoisotopic (exact) mass is 409 g/mol. The fourth-order valence-corrected chi connectivity index (χ4v) is 4.14. The molecule has 158 valence electrons. The first-order valence-corrected chi connectivity index (χ1v) is 11.2. The van der Waals surface area contributed by atoms with Crippen LogP contribution < -0.4 is 0 Å². The Bertz CT molecular complexity index is 1110. The predicted molar refractivity (Wildman–Crippen MR) is 131 cm³/mol. The summed E-state index contributed by atoms with van der Waals surface area (Å²) in [5.74, 6) is 0. The summed E-state index contributed by atoms with van der Waals surface area (Å²) in [6, 6.07) is 30.8. The maximum atomic E-state index is 5.30. The van der Waals surface area contributed by atoms with Crippen LogP contribution in [0.25, 0.3) is 28.2 Å². The van der Waals surface area contributed by atoms with Gasteiger partial charge in [-0.15, -0.1) is 0 Å². The van der Waals surface area contributed by atoms with Crippen LogP contribution in [0.5, 0.6) is 0 Å². The summed E-state index contributed by atoms with van der Waals surface area (Å²) in [7, 11) is 1.74. The van der Waals surface area contributed by atoms with E-state index < -0.39 is 0 Å². The Hall–Kier alpha value is -3.10. The van der Waals surface area contributed by atoms with Crippen molar-refractivity contribution in [3.63, 3.8) is 0 Å². The summed E-state index contributed by atoms with van der Waals surface area (Å²) in [6.07, 6.45) is 3.45. The van der Waals surface area contributed by atoms with Gasteiger partial charge in [-0.05, 0) is 60.2 Å². The number of methoxy groups -OCH3 is 1. The van der Waals surface area contributed by atoms with Gasteiger partial charge in [0.25, 0.3) is 0 Å². The number of para-hydroxylation sites is 1. The summed E-state index contributed by atoms with van der Waals surface area (Å²) in [5.41, 5.74) is 10.1. The molecular formula is C29H31NO. The van der Waals surface area contributed by atoms with Crippen molar-refractivity contribution in [2.45, 2.75) is 39.7 Å². The van der Waals surface area contributed by atoms with E-state index in [2.05, 4.69) is 103 Å². The minimum atomic E-state index is 0.635. The Kier molecular flexibility index (Phi) is 6.69. The highest BCUT2D eigenvalue weighted by Gasteiger charge is 2.19. The Labute approximate surface area is 186 Å². The number of ether oxygens (including phenoxy) is 1. The highest BCUT2D eigenvalue weighted by molar-refractivity contribution is 5.76. The fourth-order valence-electron chi connectivity index (χ4n) is 4.14. The summed E-state index contributed by atoms with van der Waals surface area (Å²) < 4.78 is 7.73. The highest BCUT2D eigenvalue weighted by Crippen LogP contribution is 2.37. The second-order valence-electron chi connectivity index (χ2n) is 8.17. The van der Waals surface area contributed by atoms with Crippen LogP contribution in [0.4, 0.5) is 0 Å². The predicted octanol–water partition coefficient (Wildman–Crippen LogP) is 7.61. The normalized spacial score (nSPS) is 11.1. The molecule has 0 atom stereocenters. The number of aryl methyl sites for hydroxylation is 2. The van der Waals surface area contributed by atoms with Gasteiger partial charge in [0.05, 0.1) is 18.0 Å². The third kappa shape index (κ3) is 4.65. The molecule has 0 bridgehead atoms. The van der Waals surface area contributed by atoms with E-state index in [-0.39, 0.29) is 0 Å². The van der Waals surface area contributed by atoms with Crippen molar-refractivity contribution < 1.29 is 4.74 Å². The molecule has 0 radical (unpaired) electrons. The van der Waals surface area contributed by atoms with E-state index in [1.165, 1.54) is 57.7 Å². The molecule has 0 saturated heterocycles. The van der Waals surface area contributed by atoms with Crippen LogP contribution >= 0.6 is 0 Å². The van der Waals surface area contributed by atoms with Crippen LogP contribution in [0, 0.1) is 6.92 Å². The molecule has 4 rings (SSSR count). The Morgan fingerprint density at radius 2 is 1.48 bits per heavy atom. The Morgan fingerprint density at radius 3 is 2.13 bits per heavy atom. The minimum Gasteiger partial charge on any atom is -0.380 e. The molecule has 0 N–H and O–H groups in total. The van der Waals surface area contributed by atoms with Crippen molar-refractivity contribution in [1.29, 1.82) is 0 Å². The lowest BCUT2D eigenvalue weighted by molar-refractivity contribution is 0.185. The molecule has 0 amide bonds. The molecule has 0 unspecified atom stereocenters. The second kappa shape index (κ2) is 9.80. The zero-order chi connectivity index (χ0) is 21.6. The first kappa shape index (κ1) is 21.1. The van der Waals surface area contributed by atoms with E-state index >= 15 is 0 Å². The summed E-state index contributed by atoms with van der Waals surface area (Å²) in [5, 5.41) is 0. The summed E-state index contributed by atoms with van der Waals surface area (Å²) in [6.45, 7) is 5.04. The molecule has 1 heterocycles.